The van der Waals surface area contributed by atoms with E-state index >= 15 is 0 Å². The summed E-state index contributed by atoms with van der Waals surface area (Å²) >= 11 is 0. The summed E-state index contributed by atoms with van der Waals surface area (Å²) in [6.45, 7) is 5.82. The maximum atomic E-state index is 11.0. The molecule has 0 amide bonds. The van der Waals surface area contributed by atoms with E-state index in [1.165, 1.54) is 10.9 Å². The van der Waals surface area contributed by atoms with E-state index in [2.05, 4.69) is 30.9 Å². The molecule has 0 fully saturated rings. The molecule has 2 rings (SSSR count). The summed E-state index contributed by atoms with van der Waals surface area (Å²) in [5, 5.41) is 30.5. The summed E-state index contributed by atoms with van der Waals surface area (Å²) in [5.41, 5.74) is 0.163. The van der Waals surface area contributed by atoms with Gasteiger partial charge in [0, 0.05) is 0 Å². The van der Waals surface area contributed by atoms with Crippen molar-refractivity contribution in [3.05, 3.63) is 6.20 Å². The van der Waals surface area contributed by atoms with E-state index in [9.17, 15) is 4.79 Å². The Morgan fingerprint density at radius 2 is 2.26 bits per heavy atom. The molecular weight excluding hydrogens is 250 g/mol. The molecule has 1 atom stereocenters. The second-order valence-corrected chi connectivity index (χ2v) is 5.28. The van der Waals surface area contributed by atoms with Crippen LogP contribution in [0.2, 0.25) is 0 Å². The summed E-state index contributed by atoms with van der Waals surface area (Å²) in [7, 11) is 0. The van der Waals surface area contributed by atoms with Gasteiger partial charge in [-0.05, 0) is 15.8 Å². The number of hydrogen-bond donors (Lipinski definition) is 2. The van der Waals surface area contributed by atoms with Crippen LogP contribution in [0.5, 0.6) is 0 Å². The number of hydrogen-bond acceptors (Lipinski definition) is 6. The van der Waals surface area contributed by atoms with Gasteiger partial charge in [0.25, 0.3) is 0 Å². The number of aromatic amines is 1. The van der Waals surface area contributed by atoms with Crippen LogP contribution in [0.1, 0.15) is 33.2 Å². The molecule has 2 N–H and O–H groups in total. The van der Waals surface area contributed by atoms with E-state index < -0.39 is 5.97 Å². The summed E-state index contributed by atoms with van der Waals surface area (Å²) in [5.74, 6) is -0.503. The number of rotatable bonds is 4. The molecule has 0 aliphatic rings. The number of aliphatic carboxylic acids is 1. The second kappa shape index (κ2) is 4.75. The van der Waals surface area contributed by atoms with E-state index in [0.717, 1.165) is 0 Å². The van der Waals surface area contributed by atoms with Gasteiger partial charge in [0.15, 0.2) is 5.69 Å². The average molecular weight is 265 g/mol. The third kappa shape index (κ3) is 2.75. The first kappa shape index (κ1) is 13.1. The molecule has 0 bridgehead atoms. The largest absolute Gasteiger partial charge is 0.481 e. The Labute approximate surface area is 109 Å². The Balaban J connectivity index is 2.43. The van der Waals surface area contributed by atoms with Crippen molar-refractivity contribution in [1.29, 1.82) is 0 Å². The van der Waals surface area contributed by atoms with Crippen LogP contribution < -0.4 is 0 Å². The van der Waals surface area contributed by atoms with Gasteiger partial charge in [-0.2, -0.15) is 15.4 Å². The van der Waals surface area contributed by atoms with Crippen molar-refractivity contribution >= 4 is 5.97 Å². The van der Waals surface area contributed by atoms with Crippen molar-refractivity contribution in [2.24, 2.45) is 5.41 Å². The molecule has 102 valence electrons. The Morgan fingerprint density at radius 3 is 2.79 bits per heavy atom. The Morgan fingerprint density at radius 1 is 1.53 bits per heavy atom. The molecule has 0 aliphatic carbocycles. The molecule has 0 saturated carbocycles. The minimum atomic E-state index is -0.901. The van der Waals surface area contributed by atoms with Gasteiger partial charge in [0.2, 0.25) is 5.82 Å². The van der Waals surface area contributed by atoms with Gasteiger partial charge in [0.1, 0.15) is 0 Å². The number of carboxylic acids is 1. The summed E-state index contributed by atoms with van der Waals surface area (Å²) in [6.07, 6.45) is 1.42. The lowest BCUT2D eigenvalue weighted by molar-refractivity contribution is -0.138. The second-order valence-electron chi connectivity index (χ2n) is 5.28. The SMILES string of the molecule is CC(C)(C)C(CC(=O)O)n1nnnc1-c1cn[nH]n1. The Kier molecular flexibility index (Phi) is 3.28. The molecule has 19 heavy (non-hydrogen) atoms. The molecule has 0 aromatic carbocycles. The molecule has 9 nitrogen and oxygen atoms in total. The van der Waals surface area contributed by atoms with E-state index in [1.807, 2.05) is 20.8 Å². The van der Waals surface area contributed by atoms with Gasteiger partial charge in [-0.15, -0.1) is 5.10 Å². The molecule has 0 spiro atoms. The summed E-state index contributed by atoms with van der Waals surface area (Å²) in [4.78, 5) is 11.0. The molecule has 0 aliphatic heterocycles. The molecule has 0 saturated heterocycles. The van der Waals surface area contributed by atoms with E-state index in [-0.39, 0.29) is 17.9 Å². The first-order chi connectivity index (χ1) is 8.89. The van der Waals surface area contributed by atoms with Gasteiger partial charge in [0.05, 0.1) is 18.7 Å². The molecule has 0 radical (unpaired) electrons. The monoisotopic (exact) mass is 265 g/mol. The number of nitrogens with one attached hydrogen (secondary N) is 1. The smallest absolute Gasteiger partial charge is 0.305 e. The van der Waals surface area contributed by atoms with Crippen LogP contribution in [0.25, 0.3) is 11.5 Å². The molecule has 2 aromatic rings. The fourth-order valence-electron chi connectivity index (χ4n) is 1.81. The summed E-state index contributed by atoms with van der Waals surface area (Å²) in [6, 6.07) is -0.383. The zero-order valence-electron chi connectivity index (χ0n) is 10.9. The highest BCUT2D eigenvalue weighted by Gasteiger charge is 2.32. The van der Waals surface area contributed by atoms with E-state index in [0.29, 0.717) is 11.5 Å². The maximum Gasteiger partial charge on any atom is 0.305 e. The van der Waals surface area contributed by atoms with Gasteiger partial charge < -0.3 is 5.11 Å². The van der Waals surface area contributed by atoms with Gasteiger partial charge in [-0.3, -0.25) is 4.79 Å². The number of nitrogens with zero attached hydrogens (tertiary/aromatic N) is 6. The zero-order chi connectivity index (χ0) is 14.0. The van der Waals surface area contributed by atoms with Crippen molar-refractivity contribution in [1.82, 2.24) is 35.6 Å². The normalized spacial score (nSPS) is 13.4. The molecule has 9 heteroatoms. The predicted molar refractivity (Wildman–Crippen MR) is 63.9 cm³/mol. The van der Waals surface area contributed by atoms with Crippen molar-refractivity contribution in [2.45, 2.75) is 33.2 Å². The van der Waals surface area contributed by atoms with Crippen LogP contribution >= 0.6 is 0 Å². The third-order valence-electron chi connectivity index (χ3n) is 2.80. The number of carbonyl (C=O) groups is 1. The van der Waals surface area contributed by atoms with Gasteiger partial charge >= 0.3 is 5.97 Å². The topological polar surface area (TPSA) is 122 Å². The fraction of sp³-hybridized carbons (Fsp3) is 0.600. The standard InChI is InChI=1S/C10H15N7O2/c1-10(2,3)7(4-8(18)19)17-9(13-15-16-17)6-5-11-14-12-6/h5,7H,4H2,1-3H3,(H,18,19)(H,11,12,14). The van der Waals surface area contributed by atoms with Crippen molar-refractivity contribution in [3.63, 3.8) is 0 Å². The highest BCUT2D eigenvalue weighted by molar-refractivity contribution is 5.67. The van der Waals surface area contributed by atoms with Crippen LogP contribution in [0.3, 0.4) is 0 Å². The van der Waals surface area contributed by atoms with Crippen LogP contribution in [-0.4, -0.2) is 46.7 Å². The maximum absolute atomic E-state index is 11.0. The minimum Gasteiger partial charge on any atom is -0.481 e. The molecule has 2 aromatic heterocycles. The first-order valence-corrected chi connectivity index (χ1v) is 5.75. The summed E-state index contributed by atoms with van der Waals surface area (Å²) < 4.78 is 1.49. The highest BCUT2D eigenvalue weighted by Crippen LogP contribution is 2.34. The zero-order valence-corrected chi connectivity index (χ0v) is 10.9. The number of carboxylic acid groups (broad SMARTS) is 1. The number of tetrazole rings is 1. The highest BCUT2D eigenvalue weighted by atomic mass is 16.4. The Bertz CT molecular complexity index is 555. The minimum absolute atomic E-state index is 0.0700. The molecule has 2 heterocycles. The van der Waals surface area contributed by atoms with Gasteiger partial charge in [-0.25, -0.2) is 4.68 Å². The lowest BCUT2D eigenvalue weighted by atomic mass is 9.85. The van der Waals surface area contributed by atoms with Crippen molar-refractivity contribution < 1.29 is 9.90 Å². The first-order valence-electron chi connectivity index (χ1n) is 5.75. The average Bonchev–Trinajstić information content (AvgIpc) is 2.94. The Hall–Kier alpha value is -2.32. The van der Waals surface area contributed by atoms with Crippen LogP contribution in [0, 0.1) is 5.41 Å². The van der Waals surface area contributed by atoms with E-state index in [1.54, 1.807) is 0 Å². The lowest BCUT2D eigenvalue weighted by Gasteiger charge is -2.29. The van der Waals surface area contributed by atoms with E-state index in [4.69, 9.17) is 5.11 Å². The molecule has 1 unspecified atom stereocenters. The van der Waals surface area contributed by atoms with Crippen LogP contribution in [-0.2, 0) is 4.79 Å². The molecular formula is C10H15N7O2. The quantitative estimate of drug-likeness (QED) is 0.826. The lowest BCUT2D eigenvalue weighted by Crippen LogP contribution is -2.28. The predicted octanol–water partition coefficient (Wildman–Crippen LogP) is 0.520. The number of aromatic nitrogens is 7. The van der Waals surface area contributed by atoms with Crippen molar-refractivity contribution in [2.75, 3.05) is 0 Å². The fourth-order valence-corrected chi connectivity index (χ4v) is 1.81. The van der Waals surface area contributed by atoms with Gasteiger partial charge in [-0.1, -0.05) is 20.8 Å². The van der Waals surface area contributed by atoms with Crippen LogP contribution in [0.4, 0.5) is 0 Å². The third-order valence-corrected chi connectivity index (χ3v) is 2.80. The number of H-pyrrole nitrogens is 1. The van der Waals surface area contributed by atoms with Crippen molar-refractivity contribution in [3.8, 4) is 11.5 Å². The van der Waals surface area contributed by atoms with Crippen LogP contribution in [0.15, 0.2) is 6.20 Å².